The first-order chi connectivity index (χ1) is 12.6. The van der Waals surface area contributed by atoms with Crippen LogP contribution in [0.2, 0.25) is 0 Å². The number of hydrogen-bond donors (Lipinski definition) is 0. The third-order valence-electron chi connectivity index (χ3n) is 4.39. The molecule has 0 aliphatic rings. The molecule has 0 saturated heterocycles. The molecule has 6 nitrogen and oxygen atoms in total. The van der Waals surface area contributed by atoms with Crippen LogP contribution in [0.15, 0.2) is 47.4 Å². The summed E-state index contributed by atoms with van der Waals surface area (Å²) in [6, 6.07) is 12.7. The fourth-order valence-corrected chi connectivity index (χ4v) is 4.07. The highest BCUT2D eigenvalue weighted by atomic mass is 32.2. The maximum absolute atomic E-state index is 12.8. The van der Waals surface area contributed by atoms with Gasteiger partial charge in [-0.25, -0.2) is 8.42 Å². The Bertz CT molecular complexity index is 908. The van der Waals surface area contributed by atoms with E-state index < -0.39 is 10.0 Å². The van der Waals surface area contributed by atoms with Crippen molar-refractivity contribution in [2.75, 3.05) is 27.7 Å². The molecule has 0 aromatic heterocycles. The summed E-state index contributed by atoms with van der Waals surface area (Å²) in [5, 5.41) is 0. The molecule has 0 atom stereocenters. The summed E-state index contributed by atoms with van der Waals surface area (Å²) in [5.41, 5.74) is 2.45. The maximum Gasteiger partial charge on any atom is 0.243 e. The SMILES string of the molecule is COc1ccc(CN(C)C(=O)CN(C)S(=O)(=O)c2cc(C)ccc2C)cc1. The van der Waals surface area contributed by atoms with Gasteiger partial charge in [0.05, 0.1) is 18.6 Å². The number of carbonyl (C=O) groups is 1. The summed E-state index contributed by atoms with van der Waals surface area (Å²) in [6.45, 7) is 3.76. The normalized spacial score (nSPS) is 11.5. The molecule has 2 aromatic rings. The van der Waals surface area contributed by atoms with Crippen molar-refractivity contribution in [2.24, 2.45) is 0 Å². The molecule has 146 valence electrons. The van der Waals surface area contributed by atoms with E-state index in [0.29, 0.717) is 12.1 Å². The lowest BCUT2D eigenvalue weighted by atomic mass is 10.2. The Morgan fingerprint density at radius 2 is 1.67 bits per heavy atom. The summed E-state index contributed by atoms with van der Waals surface area (Å²) in [6.07, 6.45) is 0. The van der Waals surface area contributed by atoms with E-state index in [9.17, 15) is 13.2 Å². The van der Waals surface area contributed by atoms with Crippen LogP contribution >= 0.6 is 0 Å². The van der Waals surface area contributed by atoms with Gasteiger partial charge in [-0.1, -0.05) is 24.3 Å². The number of sulfonamides is 1. The third-order valence-corrected chi connectivity index (χ3v) is 6.34. The van der Waals surface area contributed by atoms with Crippen molar-refractivity contribution in [3.05, 3.63) is 59.2 Å². The molecule has 0 spiro atoms. The van der Waals surface area contributed by atoms with E-state index >= 15 is 0 Å². The Morgan fingerprint density at radius 3 is 2.26 bits per heavy atom. The number of ether oxygens (including phenoxy) is 1. The minimum Gasteiger partial charge on any atom is -0.497 e. The zero-order valence-corrected chi connectivity index (χ0v) is 17.2. The summed E-state index contributed by atoms with van der Waals surface area (Å²) < 4.78 is 31.9. The number of benzene rings is 2. The molecule has 0 unspecified atom stereocenters. The highest BCUT2D eigenvalue weighted by Gasteiger charge is 2.25. The van der Waals surface area contributed by atoms with E-state index in [-0.39, 0.29) is 17.3 Å². The van der Waals surface area contributed by atoms with E-state index in [4.69, 9.17) is 4.74 Å². The topological polar surface area (TPSA) is 66.9 Å². The number of methoxy groups -OCH3 is 1. The van der Waals surface area contributed by atoms with Crippen LogP contribution in [0, 0.1) is 13.8 Å². The van der Waals surface area contributed by atoms with Crippen LogP contribution in [0.3, 0.4) is 0 Å². The van der Waals surface area contributed by atoms with E-state index in [0.717, 1.165) is 21.2 Å². The first kappa shape index (κ1) is 20.9. The summed E-state index contributed by atoms with van der Waals surface area (Å²) in [7, 11) is 0.945. The minimum absolute atomic E-state index is 0.220. The molecule has 1 amide bonds. The molecular weight excluding hydrogens is 364 g/mol. The zero-order chi connectivity index (χ0) is 20.2. The first-order valence-corrected chi connectivity index (χ1v) is 9.99. The van der Waals surface area contributed by atoms with Gasteiger partial charge < -0.3 is 9.64 Å². The van der Waals surface area contributed by atoms with Crippen LogP contribution < -0.4 is 4.74 Å². The van der Waals surface area contributed by atoms with Crippen molar-refractivity contribution in [3.63, 3.8) is 0 Å². The summed E-state index contributed by atoms with van der Waals surface area (Å²) >= 11 is 0. The number of nitrogens with zero attached hydrogens (tertiary/aromatic N) is 2. The van der Waals surface area contributed by atoms with Gasteiger partial charge in [0.2, 0.25) is 15.9 Å². The van der Waals surface area contributed by atoms with Crippen LogP contribution in [0.1, 0.15) is 16.7 Å². The predicted molar refractivity (Wildman–Crippen MR) is 105 cm³/mol. The number of amides is 1. The van der Waals surface area contributed by atoms with E-state index in [1.54, 1.807) is 33.2 Å². The van der Waals surface area contributed by atoms with Gasteiger partial charge in [-0.05, 0) is 48.7 Å². The van der Waals surface area contributed by atoms with Crippen molar-refractivity contribution >= 4 is 15.9 Å². The molecule has 0 N–H and O–H groups in total. The molecule has 27 heavy (non-hydrogen) atoms. The average molecular weight is 391 g/mol. The monoisotopic (exact) mass is 390 g/mol. The summed E-state index contributed by atoms with van der Waals surface area (Å²) in [5.74, 6) is 0.467. The second kappa shape index (κ2) is 8.54. The smallest absolute Gasteiger partial charge is 0.243 e. The number of hydrogen-bond acceptors (Lipinski definition) is 4. The van der Waals surface area contributed by atoms with Crippen molar-refractivity contribution in [3.8, 4) is 5.75 Å². The molecule has 0 aliphatic heterocycles. The lowest BCUT2D eigenvalue weighted by molar-refractivity contribution is -0.130. The number of aryl methyl sites for hydroxylation is 2. The summed E-state index contributed by atoms with van der Waals surface area (Å²) in [4.78, 5) is 14.2. The quantitative estimate of drug-likeness (QED) is 0.729. The van der Waals surface area contributed by atoms with E-state index in [1.165, 1.54) is 11.9 Å². The molecule has 2 rings (SSSR count). The second-order valence-electron chi connectivity index (χ2n) is 6.63. The first-order valence-electron chi connectivity index (χ1n) is 8.55. The van der Waals surface area contributed by atoms with Crippen molar-refractivity contribution in [1.82, 2.24) is 9.21 Å². The van der Waals surface area contributed by atoms with Gasteiger partial charge >= 0.3 is 0 Å². The average Bonchev–Trinajstić information content (AvgIpc) is 2.64. The minimum atomic E-state index is -3.73. The lowest BCUT2D eigenvalue weighted by Gasteiger charge is -2.23. The number of carbonyl (C=O) groups excluding carboxylic acids is 1. The van der Waals surface area contributed by atoms with Crippen LogP contribution in [-0.2, 0) is 21.4 Å². The number of rotatable bonds is 7. The molecule has 7 heteroatoms. The van der Waals surface area contributed by atoms with E-state index in [2.05, 4.69) is 0 Å². The lowest BCUT2D eigenvalue weighted by Crippen LogP contribution is -2.39. The molecule has 0 aliphatic carbocycles. The van der Waals surface area contributed by atoms with Gasteiger partial charge in [-0.15, -0.1) is 0 Å². The van der Waals surface area contributed by atoms with Gasteiger partial charge in [0, 0.05) is 20.6 Å². The largest absolute Gasteiger partial charge is 0.497 e. The van der Waals surface area contributed by atoms with Gasteiger partial charge in [0.15, 0.2) is 0 Å². The standard InChI is InChI=1S/C20H26N2O4S/c1-15-6-7-16(2)19(12-15)27(24,25)22(4)14-20(23)21(3)13-17-8-10-18(26-5)11-9-17/h6-12H,13-14H2,1-5H3. The van der Waals surface area contributed by atoms with Crippen molar-refractivity contribution in [2.45, 2.75) is 25.3 Å². The molecular formula is C20H26N2O4S. The van der Waals surface area contributed by atoms with Crippen LogP contribution in [0.25, 0.3) is 0 Å². The highest BCUT2D eigenvalue weighted by molar-refractivity contribution is 7.89. The van der Waals surface area contributed by atoms with Gasteiger partial charge in [0.25, 0.3) is 0 Å². The Morgan fingerprint density at radius 1 is 1.04 bits per heavy atom. The predicted octanol–water partition coefficient (Wildman–Crippen LogP) is 2.59. The van der Waals surface area contributed by atoms with Crippen LogP contribution in [-0.4, -0.2) is 51.3 Å². The Hall–Kier alpha value is -2.38. The Labute approximate surface area is 161 Å². The van der Waals surface area contributed by atoms with Gasteiger partial charge in [-0.3, -0.25) is 4.79 Å². The highest BCUT2D eigenvalue weighted by Crippen LogP contribution is 2.20. The maximum atomic E-state index is 12.8. The Kier molecular flexibility index (Phi) is 6.62. The zero-order valence-electron chi connectivity index (χ0n) is 16.4. The van der Waals surface area contributed by atoms with Crippen molar-refractivity contribution < 1.29 is 17.9 Å². The molecule has 0 fully saturated rings. The van der Waals surface area contributed by atoms with Crippen LogP contribution in [0.4, 0.5) is 0 Å². The van der Waals surface area contributed by atoms with Gasteiger partial charge in [-0.2, -0.15) is 4.31 Å². The van der Waals surface area contributed by atoms with E-state index in [1.807, 2.05) is 37.3 Å². The van der Waals surface area contributed by atoms with Gasteiger partial charge in [0.1, 0.15) is 5.75 Å². The molecule has 0 saturated carbocycles. The molecule has 0 bridgehead atoms. The second-order valence-corrected chi connectivity index (χ2v) is 8.64. The fourth-order valence-electron chi connectivity index (χ4n) is 2.64. The fraction of sp³-hybridized carbons (Fsp3) is 0.350. The van der Waals surface area contributed by atoms with Crippen molar-refractivity contribution in [1.29, 1.82) is 0 Å². The molecule has 2 aromatic carbocycles. The molecule has 0 radical (unpaired) electrons. The Balaban J connectivity index is 2.07. The third kappa shape index (κ3) is 5.08. The molecule has 0 heterocycles. The number of likely N-dealkylation sites (N-methyl/N-ethyl adjacent to an activating group) is 2. The van der Waals surface area contributed by atoms with Crippen LogP contribution in [0.5, 0.6) is 5.75 Å².